The Kier molecular flexibility index (Phi) is 6.78. The third kappa shape index (κ3) is 5.92. The normalized spacial score (nSPS) is 10.5. The SMILES string of the molecule is Cc1ccc(NC(=O)CN(C)C(=O)COc2cccc(C(C)C)c2)cc1. The molecule has 0 fully saturated rings. The summed E-state index contributed by atoms with van der Waals surface area (Å²) in [6.45, 7) is 6.06. The molecule has 2 aromatic carbocycles. The van der Waals surface area contributed by atoms with E-state index >= 15 is 0 Å². The number of likely N-dealkylation sites (N-methyl/N-ethyl adjacent to an activating group) is 1. The molecule has 0 aliphatic heterocycles. The molecule has 0 aromatic heterocycles. The zero-order valence-electron chi connectivity index (χ0n) is 15.8. The molecule has 138 valence electrons. The minimum atomic E-state index is -0.251. The second kappa shape index (κ2) is 9.04. The molecule has 1 N–H and O–H groups in total. The van der Waals surface area contributed by atoms with Gasteiger partial charge in [-0.15, -0.1) is 0 Å². The smallest absolute Gasteiger partial charge is 0.260 e. The van der Waals surface area contributed by atoms with Gasteiger partial charge in [0.05, 0.1) is 6.54 Å². The molecule has 0 spiro atoms. The van der Waals surface area contributed by atoms with E-state index in [4.69, 9.17) is 4.74 Å². The number of ether oxygens (including phenoxy) is 1. The van der Waals surface area contributed by atoms with Crippen LogP contribution in [-0.4, -0.2) is 36.9 Å². The van der Waals surface area contributed by atoms with Crippen molar-refractivity contribution in [1.82, 2.24) is 4.90 Å². The Morgan fingerprint density at radius 2 is 1.81 bits per heavy atom. The number of hydrogen-bond donors (Lipinski definition) is 1. The summed E-state index contributed by atoms with van der Waals surface area (Å²) in [5.74, 6) is 0.551. The highest BCUT2D eigenvalue weighted by Crippen LogP contribution is 2.20. The molecule has 0 bridgehead atoms. The molecular formula is C21H26N2O3. The number of aryl methyl sites for hydroxylation is 1. The van der Waals surface area contributed by atoms with E-state index in [1.165, 1.54) is 4.90 Å². The average molecular weight is 354 g/mol. The lowest BCUT2D eigenvalue weighted by Crippen LogP contribution is -2.37. The van der Waals surface area contributed by atoms with E-state index in [9.17, 15) is 9.59 Å². The lowest BCUT2D eigenvalue weighted by atomic mass is 10.0. The van der Waals surface area contributed by atoms with Crippen LogP contribution in [0.15, 0.2) is 48.5 Å². The first kappa shape index (κ1) is 19.5. The van der Waals surface area contributed by atoms with Gasteiger partial charge in [-0.2, -0.15) is 0 Å². The predicted molar refractivity (Wildman–Crippen MR) is 103 cm³/mol. The predicted octanol–water partition coefficient (Wildman–Crippen LogP) is 3.59. The number of benzene rings is 2. The summed E-state index contributed by atoms with van der Waals surface area (Å²) < 4.78 is 5.57. The summed E-state index contributed by atoms with van der Waals surface area (Å²) in [5, 5.41) is 2.77. The maximum Gasteiger partial charge on any atom is 0.260 e. The van der Waals surface area contributed by atoms with Gasteiger partial charge in [0, 0.05) is 12.7 Å². The molecule has 0 aliphatic carbocycles. The molecular weight excluding hydrogens is 328 g/mol. The highest BCUT2D eigenvalue weighted by Gasteiger charge is 2.14. The van der Waals surface area contributed by atoms with Crippen molar-refractivity contribution in [3.05, 3.63) is 59.7 Å². The maximum atomic E-state index is 12.2. The standard InChI is InChI=1S/C21H26N2O3/c1-15(2)17-6-5-7-19(12-17)26-14-21(25)23(4)13-20(24)22-18-10-8-16(3)9-11-18/h5-12,15H,13-14H2,1-4H3,(H,22,24). The first-order valence-corrected chi connectivity index (χ1v) is 8.68. The number of nitrogens with one attached hydrogen (secondary N) is 1. The molecule has 0 heterocycles. The monoisotopic (exact) mass is 354 g/mol. The van der Waals surface area contributed by atoms with Crippen molar-refractivity contribution in [2.24, 2.45) is 0 Å². The van der Waals surface area contributed by atoms with E-state index < -0.39 is 0 Å². The van der Waals surface area contributed by atoms with Gasteiger partial charge in [-0.05, 0) is 42.7 Å². The van der Waals surface area contributed by atoms with Gasteiger partial charge in [-0.3, -0.25) is 9.59 Å². The number of anilines is 1. The third-order valence-corrected chi connectivity index (χ3v) is 4.03. The van der Waals surface area contributed by atoms with Gasteiger partial charge in [-0.25, -0.2) is 0 Å². The number of hydrogen-bond acceptors (Lipinski definition) is 3. The van der Waals surface area contributed by atoms with E-state index in [0.717, 1.165) is 11.1 Å². The number of carbonyl (C=O) groups excluding carboxylic acids is 2. The van der Waals surface area contributed by atoms with Gasteiger partial charge in [0.1, 0.15) is 5.75 Å². The molecule has 0 radical (unpaired) electrons. The van der Waals surface area contributed by atoms with E-state index in [2.05, 4.69) is 19.2 Å². The van der Waals surface area contributed by atoms with Crippen molar-refractivity contribution in [2.45, 2.75) is 26.7 Å². The van der Waals surface area contributed by atoms with Crippen LogP contribution in [0.25, 0.3) is 0 Å². The van der Waals surface area contributed by atoms with Crippen LogP contribution in [0.3, 0.4) is 0 Å². The molecule has 2 amide bonds. The summed E-state index contributed by atoms with van der Waals surface area (Å²) in [5.41, 5.74) is 2.98. The number of carbonyl (C=O) groups is 2. The first-order valence-electron chi connectivity index (χ1n) is 8.68. The van der Waals surface area contributed by atoms with Gasteiger partial charge >= 0.3 is 0 Å². The molecule has 0 atom stereocenters. The number of rotatable bonds is 7. The highest BCUT2D eigenvalue weighted by molar-refractivity contribution is 5.94. The summed E-state index contributed by atoms with van der Waals surface area (Å²) in [6, 6.07) is 15.2. The zero-order valence-corrected chi connectivity index (χ0v) is 15.8. The van der Waals surface area contributed by atoms with Crippen LogP contribution >= 0.6 is 0 Å². The summed E-state index contributed by atoms with van der Waals surface area (Å²) >= 11 is 0. The molecule has 2 aromatic rings. The van der Waals surface area contributed by atoms with Crippen LogP contribution in [0, 0.1) is 6.92 Å². The Hall–Kier alpha value is -2.82. The third-order valence-electron chi connectivity index (χ3n) is 4.03. The molecule has 5 heteroatoms. The van der Waals surface area contributed by atoms with E-state index in [0.29, 0.717) is 17.4 Å². The Labute approximate surface area is 155 Å². The Morgan fingerprint density at radius 3 is 2.46 bits per heavy atom. The van der Waals surface area contributed by atoms with Gasteiger partial charge in [0.2, 0.25) is 5.91 Å². The fourth-order valence-corrected chi connectivity index (χ4v) is 2.36. The Balaban J connectivity index is 1.82. The molecule has 0 aliphatic rings. The summed E-state index contributed by atoms with van der Waals surface area (Å²) in [6.07, 6.45) is 0. The first-order chi connectivity index (χ1) is 12.3. The fourth-order valence-electron chi connectivity index (χ4n) is 2.36. The second-order valence-electron chi connectivity index (χ2n) is 6.68. The van der Waals surface area contributed by atoms with Gasteiger partial charge < -0.3 is 15.0 Å². The molecule has 0 saturated heterocycles. The van der Waals surface area contributed by atoms with Crippen LogP contribution < -0.4 is 10.1 Å². The molecule has 0 saturated carbocycles. The van der Waals surface area contributed by atoms with Crippen molar-refractivity contribution in [2.75, 3.05) is 25.5 Å². The second-order valence-corrected chi connectivity index (χ2v) is 6.68. The molecule has 26 heavy (non-hydrogen) atoms. The van der Waals surface area contributed by atoms with Crippen molar-refractivity contribution >= 4 is 17.5 Å². The van der Waals surface area contributed by atoms with E-state index in [1.807, 2.05) is 55.5 Å². The van der Waals surface area contributed by atoms with Crippen molar-refractivity contribution in [3.63, 3.8) is 0 Å². The summed E-state index contributed by atoms with van der Waals surface area (Å²) in [7, 11) is 1.59. The van der Waals surface area contributed by atoms with E-state index in [1.54, 1.807) is 7.05 Å². The quantitative estimate of drug-likeness (QED) is 0.826. The number of amides is 2. The lowest BCUT2D eigenvalue weighted by molar-refractivity contribution is -0.135. The topological polar surface area (TPSA) is 58.6 Å². The molecule has 0 unspecified atom stereocenters. The molecule has 5 nitrogen and oxygen atoms in total. The van der Waals surface area contributed by atoms with Crippen molar-refractivity contribution < 1.29 is 14.3 Å². The van der Waals surface area contributed by atoms with Crippen LogP contribution in [0.4, 0.5) is 5.69 Å². The van der Waals surface area contributed by atoms with Crippen LogP contribution in [0.5, 0.6) is 5.75 Å². The van der Waals surface area contributed by atoms with Crippen molar-refractivity contribution in [3.8, 4) is 5.75 Å². The lowest BCUT2D eigenvalue weighted by Gasteiger charge is -2.17. The Bertz CT molecular complexity index is 754. The molecule has 2 rings (SSSR count). The minimum absolute atomic E-state index is 0.0257. The van der Waals surface area contributed by atoms with Gasteiger partial charge in [0.15, 0.2) is 6.61 Å². The largest absolute Gasteiger partial charge is 0.484 e. The van der Waals surface area contributed by atoms with Crippen LogP contribution in [0.2, 0.25) is 0 Å². The maximum absolute atomic E-state index is 12.2. The number of nitrogens with zero attached hydrogens (tertiary/aromatic N) is 1. The van der Waals surface area contributed by atoms with E-state index in [-0.39, 0.29) is 25.0 Å². The van der Waals surface area contributed by atoms with Gasteiger partial charge in [-0.1, -0.05) is 43.7 Å². The Morgan fingerprint density at radius 1 is 1.12 bits per heavy atom. The van der Waals surface area contributed by atoms with Crippen LogP contribution in [0.1, 0.15) is 30.9 Å². The minimum Gasteiger partial charge on any atom is -0.484 e. The fraction of sp³-hybridized carbons (Fsp3) is 0.333. The highest BCUT2D eigenvalue weighted by atomic mass is 16.5. The average Bonchev–Trinajstić information content (AvgIpc) is 2.61. The van der Waals surface area contributed by atoms with Crippen LogP contribution in [-0.2, 0) is 9.59 Å². The summed E-state index contributed by atoms with van der Waals surface area (Å²) in [4.78, 5) is 25.6. The van der Waals surface area contributed by atoms with Gasteiger partial charge in [0.25, 0.3) is 5.91 Å². The zero-order chi connectivity index (χ0) is 19.1. The van der Waals surface area contributed by atoms with Crippen molar-refractivity contribution in [1.29, 1.82) is 0 Å².